The summed E-state index contributed by atoms with van der Waals surface area (Å²) < 4.78 is 0. The molecule has 0 fully saturated rings. The number of carboxylic acids is 1. The van der Waals surface area contributed by atoms with Crippen molar-refractivity contribution in [1.29, 1.82) is 0 Å². The third kappa shape index (κ3) is 5.91. The lowest BCUT2D eigenvalue weighted by molar-refractivity contribution is -0.131. The number of carboxylic acid groups (broad SMARTS) is 1. The molecule has 148 valence electrons. The molecule has 1 aliphatic heterocycles. The van der Waals surface area contributed by atoms with Gasteiger partial charge in [-0.1, -0.05) is 60.6 Å². The van der Waals surface area contributed by atoms with Crippen molar-refractivity contribution in [1.82, 2.24) is 0 Å². The number of carbonyl (C=O) groups is 1. The molecule has 28 heavy (non-hydrogen) atoms. The number of allylic oxidation sites excluding steroid dienone is 12. The van der Waals surface area contributed by atoms with E-state index in [0.717, 1.165) is 18.4 Å². The number of hydrogen-bond donors (Lipinski definition) is 1. The van der Waals surface area contributed by atoms with E-state index in [0.29, 0.717) is 11.5 Å². The van der Waals surface area contributed by atoms with E-state index in [9.17, 15) is 4.79 Å². The fourth-order valence-corrected chi connectivity index (χ4v) is 3.92. The average Bonchev–Trinajstić information content (AvgIpc) is 2.90. The normalized spacial score (nSPS) is 26.5. The van der Waals surface area contributed by atoms with Gasteiger partial charge in [0.05, 0.1) is 0 Å². The highest BCUT2D eigenvalue weighted by Gasteiger charge is 2.36. The Hall–Kier alpha value is -2.68. The first-order valence-electron chi connectivity index (χ1n) is 9.84. The molecule has 0 aromatic heterocycles. The zero-order valence-corrected chi connectivity index (χ0v) is 17.4. The molecule has 2 rings (SSSR count). The first-order chi connectivity index (χ1) is 13.3. The van der Waals surface area contributed by atoms with E-state index in [1.807, 2.05) is 36.7 Å². The van der Waals surface area contributed by atoms with Gasteiger partial charge in [0.1, 0.15) is 0 Å². The summed E-state index contributed by atoms with van der Waals surface area (Å²) >= 11 is 0. The lowest BCUT2D eigenvalue weighted by Crippen LogP contribution is -2.30. The third-order valence-electron chi connectivity index (χ3n) is 5.51. The Labute approximate surface area is 169 Å². The first kappa shape index (κ1) is 21.6. The predicted octanol–water partition coefficient (Wildman–Crippen LogP) is 6.35. The highest BCUT2D eigenvalue weighted by atomic mass is 16.4. The lowest BCUT2D eigenvalue weighted by Gasteiger charge is -2.40. The van der Waals surface area contributed by atoms with Gasteiger partial charge in [-0.15, -0.1) is 0 Å². The van der Waals surface area contributed by atoms with Gasteiger partial charge in [0, 0.05) is 29.8 Å². The fourth-order valence-electron chi connectivity index (χ4n) is 3.92. The minimum Gasteiger partial charge on any atom is -0.478 e. The van der Waals surface area contributed by atoms with Crippen molar-refractivity contribution in [3.8, 4) is 0 Å². The molecule has 3 heteroatoms. The Morgan fingerprint density at radius 3 is 2.79 bits per heavy atom. The van der Waals surface area contributed by atoms with Crippen LogP contribution in [-0.4, -0.2) is 17.3 Å². The van der Waals surface area contributed by atoms with Gasteiger partial charge in [-0.2, -0.15) is 0 Å². The number of rotatable bonds is 6. The second-order valence-corrected chi connectivity index (χ2v) is 7.85. The molecule has 2 atom stereocenters. The van der Waals surface area contributed by atoms with Gasteiger partial charge >= 0.3 is 5.97 Å². The second-order valence-electron chi connectivity index (χ2n) is 7.85. The van der Waals surface area contributed by atoms with E-state index >= 15 is 0 Å². The van der Waals surface area contributed by atoms with Crippen LogP contribution >= 0.6 is 0 Å². The summed E-state index contributed by atoms with van der Waals surface area (Å²) in [7, 11) is 0. The second kappa shape index (κ2) is 10.0. The molecule has 0 saturated heterocycles. The molecule has 0 spiro atoms. The summed E-state index contributed by atoms with van der Waals surface area (Å²) in [6.45, 7) is 8.45. The van der Waals surface area contributed by atoms with Crippen molar-refractivity contribution in [2.45, 2.75) is 47.0 Å². The standard InChI is InChI=1S/C25H31NO2/c1-19(8-5-9-20(2)18-24(27)28)12-13-23-21(3)10-6-15-25(23,4)22-11-7-16-26-17-14-22/h5,7-9,11-14,16-18,22H,6,10,15H2,1-4H3,(H,27,28)/b9-5+,13-12+,19-8+,20-18+/t22?,25-/m1/s1. The van der Waals surface area contributed by atoms with Crippen LogP contribution in [0.1, 0.15) is 47.0 Å². The molecule has 1 aliphatic carbocycles. The van der Waals surface area contributed by atoms with Crippen LogP contribution in [0, 0.1) is 11.3 Å². The van der Waals surface area contributed by atoms with Crippen molar-refractivity contribution >= 4 is 12.2 Å². The van der Waals surface area contributed by atoms with Gasteiger partial charge in [0.2, 0.25) is 0 Å². The van der Waals surface area contributed by atoms with E-state index in [4.69, 9.17) is 5.11 Å². The molecule has 1 unspecified atom stereocenters. The van der Waals surface area contributed by atoms with E-state index in [1.165, 1.54) is 23.6 Å². The number of aliphatic imine (C=N–C) groups is 1. The molecule has 1 heterocycles. The van der Waals surface area contributed by atoms with Gasteiger partial charge in [-0.25, -0.2) is 4.79 Å². The highest BCUT2D eigenvalue weighted by molar-refractivity contribution is 5.81. The number of aliphatic carboxylic acids is 1. The van der Waals surface area contributed by atoms with E-state index in [-0.39, 0.29) is 5.41 Å². The predicted molar refractivity (Wildman–Crippen MR) is 118 cm³/mol. The lowest BCUT2D eigenvalue weighted by atomic mass is 9.63. The monoisotopic (exact) mass is 377 g/mol. The van der Waals surface area contributed by atoms with Gasteiger partial charge in [0.25, 0.3) is 0 Å². The molecule has 0 radical (unpaired) electrons. The SMILES string of the molecule is CC1=C(/C=C/C(C)=C/C=C/C(C)=C/C(=O)O)[C@@](C)(C2C=CC=NC=C2)CCC1. The Morgan fingerprint density at radius 2 is 2.04 bits per heavy atom. The van der Waals surface area contributed by atoms with Crippen LogP contribution in [0.4, 0.5) is 0 Å². The summed E-state index contributed by atoms with van der Waals surface area (Å²) in [5.41, 5.74) is 4.78. The largest absolute Gasteiger partial charge is 0.478 e. The van der Waals surface area contributed by atoms with E-state index in [2.05, 4.69) is 50.1 Å². The zero-order chi connectivity index (χ0) is 20.6. The van der Waals surface area contributed by atoms with Gasteiger partial charge < -0.3 is 5.11 Å². The molecule has 0 aromatic carbocycles. The minimum absolute atomic E-state index is 0.0659. The quantitative estimate of drug-likeness (QED) is 0.433. The van der Waals surface area contributed by atoms with E-state index in [1.54, 1.807) is 6.92 Å². The smallest absolute Gasteiger partial charge is 0.328 e. The molecule has 3 nitrogen and oxygen atoms in total. The maximum atomic E-state index is 10.7. The van der Waals surface area contributed by atoms with Gasteiger partial charge in [-0.3, -0.25) is 4.99 Å². The molecule has 1 N–H and O–H groups in total. The van der Waals surface area contributed by atoms with Crippen LogP contribution in [0.5, 0.6) is 0 Å². The summed E-state index contributed by atoms with van der Waals surface area (Å²) in [5.74, 6) is -0.591. The average molecular weight is 378 g/mol. The van der Waals surface area contributed by atoms with Crippen molar-refractivity contribution in [2.24, 2.45) is 16.3 Å². The van der Waals surface area contributed by atoms with Crippen LogP contribution < -0.4 is 0 Å². The van der Waals surface area contributed by atoms with Crippen molar-refractivity contribution in [2.75, 3.05) is 0 Å². The van der Waals surface area contributed by atoms with Crippen molar-refractivity contribution < 1.29 is 9.90 Å². The van der Waals surface area contributed by atoms with Crippen LogP contribution in [0.3, 0.4) is 0 Å². The zero-order valence-electron chi connectivity index (χ0n) is 17.4. The van der Waals surface area contributed by atoms with E-state index < -0.39 is 5.97 Å². The van der Waals surface area contributed by atoms with Crippen molar-refractivity contribution in [3.63, 3.8) is 0 Å². The Balaban J connectivity index is 2.22. The molecule has 0 aromatic rings. The summed E-state index contributed by atoms with van der Waals surface area (Å²) in [4.78, 5) is 14.9. The molecular weight excluding hydrogens is 346 g/mol. The van der Waals surface area contributed by atoms with Crippen LogP contribution in [-0.2, 0) is 4.79 Å². The molecular formula is C25H31NO2. The molecule has 0 saturated carbocycles. The summed E-state index contributed by atoms with van der Waals surface area (Å²) in [5, 5.41) is 8.76. The maximum Gasteiger partial charge on any atom is 0.328 e. The topological polar surface area (TPSA) is 49.7 Å². The third-order valence-corrected chi connectivity index (χ3v) is 5.51. The summed E-state index contributed by atoms with van der Waals surface area (Å²) in [6.07, 6.45) is 25.1. The van der Waals surface area contributed by atoms with Gasteiger partial charge in [0.15, 0.2) is 0 Å². The molecule has 2 aliphatic rings. The minimum atomic E-state index is -0.922. The number of hydrogen-bond acceptors (Lipinski definition) is 2. The fraction of sp³-hybridized carbons (Fsp3) is 0.360. The van der Waals surface area contributed by atoms with Gasteiger partial charge in [-0.05, 0) is 57.3 Å². The Morgan fingerprint density at radius 1 is 1.25 bits per heavy atom. The first-order valence-corrected chi connectivity index (χ1v) is 9.84. The number of nitrogens with zero attached hydrogens (tertiary/aromatic N) is 1. The van der Waals surface area contributed by atoms with Crippen molar-refractivity contribution in [3.05, 3.63) is 83.2 Å². The molecule has 0 bridgehead atoms. The van der Waals surface area contributed by atoms with Crippen LogP contribution in [0.25, 0.3) is 0 Å². The maximum absolute atomic E-state index is 10.7. The van der Waals surface area contributed by atoms with Crippen LogP contribution in [0.15, 0.2) is 88.2 Å². The van der Waals surface area contributed by atoms with Crippen LogP contribution in [0.2, 0.25) is 0 Å². The Bertz CT molecular complexity index is 815. The summed E-state index contributed by atoms with van der Waals surface area (Å²) in [6, 6.07) is 0. The molecule has 0 amide bonds. The highest BCUT2D eigenvalue weighted by Crippen LogP contribution is 2.48. The Kier molecular flexibility index (Phi) is 7.74.